The zero-order valence-corrected chi connectivity index (χ0v) is 27.8. The molecule has 11 heteroatoms. The summed E-state index contributed by atoms with van der Waals surface area (Å²) in [6, 6.07) is 20.7. The summed E-state index contributed by atoms with van der Waals surface area (Å²) in [6.07, 6.45) is -10.4. The SMILES string of the molecule is CC(C)(C)OC(=O)[C@@H]1C[C@@]2(c3ccccc3)[C@H](O[C@H](CI)c3cc(C(F)(F)F)cc(C(F)(F)F)c3)CC[C@@H]1N2Cc1ccccc1. The first kappa shape index (κ1) is 34.7. The number of benzene rings is 3. The van der Waals surface area contributed by atoms with Crippen molar-refractivity contribution in [2.75, 3.05) is 4.43 Å². The van der Waals surface area contributed by atoms with Crippen molar-refractivity contribution in [2.24, 2.45) is 5.92 Å². The molecule has 0 N–H and O–H groups in total. The molecule has 5 atom stereocenters. The summed E-state index contributed by atoms with van der Waals surface area (Å²) in [6.45, 7) is 5.88. The summed E-state index contributed by atoms with van der Waals surface area (Å²) in [5.41, 5.74) is -2.74. The number of alkyl halides is 7. The summed E-state index contributed by atoms with van der Waals surface area (Å²) in [7, 11) is 0. The zero-order valence-electron chi connectivity index (χ0n) is 25.7. The molecule has 3 aromatic carbocycles. The van der Waals surface area contributed by atoms with Crippen molar-refractivity contribution in [3.63, 3.8) is 0 Å². The van der Waals surface area contributed by atoms with Gasteiger partial charge in [-0.25, -0.2) is 0 Å². The molecule has 0 aromatic heterocycles. The third kappa shape index (κ3) is 7.26. The minimum absolute atomic E-state index is 0.106. The fraction of sp³-hybridized carbons (Fsp3) is 0.457. The van der Waals surface area contributed by atoms with Gasteiger partial charge < -0.3 is 9.47 Å². The number of carbonyl (C=O) groups excluding carboxylic acids is 1. The molecule has 2 bridgehead atoms. The second kappa shape index (κ2) is 13.1. The van der Waals surface area contributed by atoms with Crippen LogP contribution in [-0.4, -0.2) is 33.0 Å². The smallest absolute Gasteiger partial charge is 0.416 e. The summed E-state index contributed by atoms with van der Waals surface area (Å²) in [5, 5.41) is 0. The number of rotatable bonds is 8. The van der Waals surface area contributed by atoms with Crippen LogP contribution in [0.25, 0.3) is 0 Å². The molecular weight excluding hydrogens is 723 g/mol. The van der Waals surface area contributed by atoms with E-state index in [2.05, 4.69) is 4.90 Å². The van der Waals surface area contributed by atoms with Gasteiger partial charge in [0.1, 0.15) is 5.60 Å². The number of ether oxygens (including phenoxy) is 2. The first-order valence-electron chi connectivity index (χ1n) is 15.1. The number of fused-ring (bicyclic) bond motifs is 2. The van der Waals surface area contributed by atoms with Gasteiger partial charge in [-0.1, -0.05) is 83.3 Å². The Balaban J connectivity index is 1.62. The van der Waals surface area contributed by atoms with Gasteiger partial charge in [0.15, 0.2) is 0 Å². The second-order valence-corrected chi connectivity index (χ2v) is 13.9. The van der Waals surface area contributed by atoms with Gasteiger partial charge >= 0.3 is 18.3 Å². The highest BCUT2D eigenvalue weighted by molar-refractivity contribution is 14.1. The molecule has 0 radical (unpaired) electrons. The van der Waals surface area contributed by atoms with E-state index in [0.29, 0.717) is 25.8 Å². The molecule has 2 aliphatic rings. The van der Waals surface area contributed by atoms with Gasteiger partial charge in [-0.2, -0.15) is 26.3 Å². The van der Waals surface area contributed by atoms with E-state index in [0.717, 1.165) is 23.3 Å². The number of hydrogen-bond acceptors (Lipinski definition) is 4. The van der Waals surface area contributed by atoms with Gasteiger partial charge in [-0.05, 0) is 74.9 Å². The highest BCUT2D eigenvalue weighted by Gasteiger charge is 2.62. The Hall–Kier alpha value is -2.64. The van der Waals surface area contributed by atoms with Crippen LogP contribution >= 0.6 is 22.6 Å². The molecule has 2 aliphatic heterocycles. The van der Waals surface area contributed by atoms with Crippen LogP contribution in [0, 0.1) is 5.92 Å². The van der Waals surface area contributed by atoms with Crippen LogP contribution in [-0.2, 0) is 38.7 Å². The first-order chi connectivity index (χ1) is 21.5. The average molecular weight is 760 g/mol. The number of esters is 1. The van der Waals surface area contributed by atoms with Crippen molar-refractivity contribution in [2.45, 2.75) is 88.3 Å². The van der Waals surface area contributed by atoms with Crippen LogP contribution in [0.15, 0.2) is 78.9 Å². The van der Waals surface area contributed by atoms with Crippen molar-refractivity contribution in [1.82, 2.24) is 4.90 Å². The quantitative estimate of drug-likeness (QED) is 0.0994. The number of halogens is 7. The number of piperidine rings is 1. The zero-order chi connectivity index (χ0) is 33.5. The lowest BCUT2D eigenvalue weighted by Crippen LogP contribution is -2.57. The molecule has 3 aromatic rings. The third-order valence-electron chi connectivity index (χ3n) is 8.80. The van der Waals surface area contributed by atoms with Gasteiger partial charge in [0.25, 0.3) is 0 Å². The van der Waals surface area contributed by atoms with Crippen molar-refractivity contribution in [1.29, 1.82) is 0 Å². The molecule has 0 spiro atoms. The van der Waals surface area contributed by atoms with Crippen molar-refractivity contribution >= 4 is 28.6 Å². The van der Waals surface area contributed by atoms with E-state index in [1.165, 1.54) is 0 Å². The molecule has 46 heavy (non-hydrogen) atoms. The van der Waals surface area contributed by atoms with Crippen molar-refractivity contribution < 1.29 is 40.6 Å². The lowest BCUT2D eigenvalue weighted by Gasteiger charge is -2.51. The number of carbonyl (C=O) groups is 1. The van der Waals surface area contributed by atoms with Crippen LogP contribution in [0.5, 0.6) is 0 Å². The second-order valence-electron chi connectivity index (χ2n) is 13.0. The lowest BCUT2D eigenvalue weighted by molar-refractivity contribution is -0.161. The Morgan fingerprint density at radius 3 is 1.98 bits per heavy atom. The Kier molecular flexibility index (Phi) is 9.88. The highest BCUT2D eigenvalue weighted by atomic mass is 127. The fourth-order valence-corrected chi connectivity index (χ4v) is 7.65. The Morgan fingerprint density at radius 2 is 1.46 bits per heavy atom. The monoisotopic (exact) mass is 759 g/mol. The Labute approximate surface area is 278 Å². The predicted octanol–water partition coefficient (Wildman–Crippen LogP) is 9.51. The van der Waals surface area contributed by atoms with Crippen LogP contribution in [0.1, 0.15) is 74.0 Å². The summed E-state index contributed by atoms with van der Waals surface area (Å²) < 4.78 is 95.5. The molecule has 4 nitrogen and oxygen atoms in total. The average Bonchev–Trinajstić information content (AvgIpc) is 3.20. The predicted molar refractivity (Wildman–Crippen MR) is 170 cm³/mol. The van der Waals surface area contributed by atoms with E-state index < -0.39 is 52.7 Å². The highest BCUT2D eigenvalue weighted by Crippen LogP contribution is 2.56. The standard InChI is InChI=1S/C35H36F6INO3/c1-32(2,3)46-31(44)27-19-33(24-12-8-5-9-13-24)30(15-14-28(27)43(33)21-22-10-6-4-7-11-22)45-29(20-42)23-16-25(34(36,37)38)18-26(17-23)35(39,40)41/h4-13,16-18,27-30H,14-15,19-21H2,1-3H3/t27-,28+,29-,30-,33-/m1/s1. The largest absolute Gasteiger partial charge is 0.460 e. The van der Waals surface area contributed by atoms with Crippen LogP contribution in [0.3, 0.4) is 0 Å². The summed E-state index contributed by atoms with van der Waals surface area (Å²) in [4.78, 5) is 16.0. The topological polar surface area (TPSA) is 38.8 Å². The molecule has 248 valence electrons. The summed E-state index contributed by atoms with van der Waals surface area (Å²) >= 11 is 1.94. The Bertz CT molecular complexity index is 1480. The maximum Gasteiger partial charge on any atom is 0.416 e. The fourth-order valence-electron chi connectivity index (χ4n) is 6.94. The molecule has 5 rings (SSSR count). The van der Waals surface area contributed by atoms with E-state index in [4.69, 9.17) is 9.47 Å². The van der Waals surface area contributed by atoms with Gasteiger partial charge in [0, 0.05) is 17.0 Å². The minimum atomic E-state index is -4.98. The number of nitrogens with zero attached hydrogens (tertiary/aromatic N) is 1. The van der Waals surface area contributed by atoms with Crippen LogP contribution < -0.4 is 0 Å². The van der Waals surface area contributed by atoms with E-state index in [1.807, 2.05) is 104 Å². The molecular formula is C35H36F6INO3. The molecule has 0 aliphatic carbocycles. The molecule has 2 saturated heterocycles. The molecule has 0 amide bonds. The molecule has 0 unspecified atom stereocenters. The van der Waals surface area contributed by atoms with E-state index in [1.54, 1.807) is 0 Å². The van der Waals surface area contributed by atoms with Crippen LogP contribution in [0.4, 0.5) is 26.3 Å². The maximum atomic E-state index is 13.8. The Morgan fingerprint density at radius 1 is 0.891 bits per heavy atom. The van der Waals surface area contributed by atoms with Crippen molar-refractivity contribution in [3.05, 3.63) is 107 Å². The normalized spacial score (nSPS) is 24.5. The van der Waals surface area contributed by atoms with E-state index >= 15 is 0 Å². The summed E-state index contributed by atoms with van der Waals surface area (Å²) in [5.74, 6) is -0.868. The van der Waals surface area contributed by atoms with Gasteiger partial charge in [0.05, 0.1) is 34.8 Å². The first-order valence-corrected chi connectivity index (χ1v) is 16.7. The van der Waals surface area contributed by atoms with E-state index in [9.17, 15) is 31.1 Å². The lowest BCUT2D eigenvalue weighted by atomic mass is 9.78. The molecule has 0 saturated carbocycles. The van der Waals surface area contributed by atoms with Gasteiger partial charge in [-0.3, -0.25) is 9.69 Å². The molecule has 2 fully saturated rings. The van der Waals surface area contributed by atoms with Gasteiger partial charge in [-0.15, -0.1) is 0 Å². The van der Waals surface area contributed by atoms with E-state index in [-0.39, 0.29) is 28.1 Å². The third-order valence-corrected chi connectivity index (χ3v) is 9.60. The van der Waals surface area contributed by atoms with Crippen molar-refractivity contribution in [3.8, 4) is 0 Å². The van der Waals surface area contributed by atoms with Crippen LogP contribution in [0.2, 0.25) is 0 Å². The van der Waals surface area contributed by atoms with Gasteiger partial charge in [0.2, 0.25) is 0 Å². The molecule has 2 heterocycles. The maximum absolute atomic E-state index is 13.8. The number of hydrogen-bond donors (Lipinski definition) is 0. The minimum Gasteiger partial charge on any atom is -0.460 e.